The van der Waals surface area contributed by atoms with Crippen LogP contribution in [0.3, 0.4) is 0 Å². The molecule has 0 unspecified atom stereocenters. The van der Waals surface area contributed by atoms with Crippen LogP contribution in [0.25, 0.3) is 22.3 Å². The Morgan fingerprint density at radius 1 is 0.816 bits per heavy atom. The Labute approximate surface area is 225 Å². The average Bonchev–Trinajstić information content (AvgIpc) is 2.88. The molecule has 0 saturated carbocycles. The Balaban J connectivity index is 2.14. The SMILES string of the molecule is CCCCOc1cc(O)c2c(=O)c(OCC(C)C)c(-c3ccc(OCCCC)c(OCCCC)c3)oc2c1. The first-order valence-corrected chi connectivity index (χ1v) is 13.9. The highest BCUT2D eigenvalue weighted by molar-refractivity contribution is 5.88. The lowest BCUT2D eigenvalue weighted by Crippen LogP contribution is -2.14. The monoisotopic (exact) mass is 526 g/mol. The third kappa shape index (κ3) is 7.59. The molecule has 7 nitrogen and oxygen atoms in total. The summed E-state index contributed by atoms with van der Waals surface area (Å²) in [7, 11) is 0. The molecule has 1 N–H and O–H groups in total. The van der Waals surface area contributed by atoms with Gasteiger partial charge in [-0.2, -0.15) is 0 Å². The summed E-state index contributed by atoms with van der Waals surface area (Å²) in [5.74, 6) is 1.99. The predicted octanol–water partition coefficient (Wildman–Crippen LogP) is 7.74. The molecule has 3 rings (SSSR count). The predicted molar refractivity (Wildman–Crippen MR) is 151 cm³/mol. The van der Waals surface area contributed by atoms with E-state index in [0.29, 0.717) is 49.2 Å². The lowest BCUT2D eigenvalue weighted by Gasteiger charge is -2.17. The summed E-state index contributed by atoms with van der Waals surface area (Å²) >= 11 is 0. The molecule has 0 fully saturated rings. The van der Waals surface area contributed by atoms with E-state index in [1.165, 1.54) is 6.07 Å². The molecule has 208 valence electrons. The minimum atomic E-state index is -0.434. The fourth-order valence-corrected chi connectivity index (χ4v) is 3.78. The van der Waals surface area contributed by atoms with Crippen LogP contribution < -0.4 is 24.4 Å². The molecule has 0 amide bonds. The number of benzene rings is 2. The number of hydrogen-bond donors (Lipinski definition) is 1. The molecule has 0 spiro atoms. The highest BCUT2D eigenvalue weighted by Crippen LogP contribution is 2.39. The van der Waals surface area contributed by atoms with Crippen LogP contribution in [0, 0.1) is 5.92 Å². The van der Waals surface area contributed by atoms with Crippen molar-refractivity contribution in [1.82, 2.24) is 0 Å². The number of aromatic hydroxyl groups is 1. The van der Waals surface area contributed by atoms with Crippen molar-refractivity contribution in [3.63, 3.8) is 0 Å². The van der Waals surface area contributed by atoms with Crippen LogP contribution in [0.1, 0.15) is 73.1 Å². The Morgan fingerprint density at radius 2 is 1.45 bits per heavy atom. The molecule has 1 aromatic heterocycles. The highest BCUT2D eigenvalue weighted by atomic mass is 16.5. The number of ether oxygens (including phenoxy) is 4. The highest BCUT2D eigenvalue weighted by Gasteiger charge is 2.22. The summed E-state index contributed by atoms with van der Waals surface area (Å²) in [6.07, 6.45) is 5.74. The van der Waals surface area contributed by atoms with Crippen molar-refractivity contribution in [2.75, 3.05) is 26.4 Å². The van der Waals surface area contributed by atoms with E-state index in [4.69, 9.17) is 23.4 Å². The van der Waals surface area contributed by atoms with E-state index >= 15 is 0 Å². The van der Waals surface area contributed by atoms with Crippen molar-refractivity contribution in [1.29, 1.82) is 0 Å². The van der Waals surface area contributed by atoms with Crippen LogP contribution >= 0.6 is 0 Å². The fourth-order valence-electron chi connectivity index (χ4n) is 3.78. The molecule has 3 aromatic rings. The van der Waals surface area contributed by atoms with Gasteiger partial charge in [-0.25, -0.2) is 0 Å². The Hall–Kier alpha value is -3.35. The van der Waals surface area contributed by atoms with E-state index in [2.05, 4.69) is 20.8 Å². The minimum Gasteiger partial charge on any atom is -0.507 e. The standard InChI is InChI=1S/C31H42O7/c1-6-9-14-34-23-18-24(32)28-27(19-23)38-30(31(29(28)33)37-20-21(4)5)22-12-13-25(35-15-10-7-2)26(17-22)36-16-11-8-3/h12-13,17-19,21,32H,6-11,14-16,20H2,1-5H3. The Bertz CT molecular complexity index is 1230. The maximum atomic E-state index is 13.6. The van der Waals surface area contributed by atoms with E-state index in [0.717, 1.165) is 38.5 Å². The van der Waals surface area contributed by atoms with Gasteiger partial charge < -0.3 is 28.5 Å². The van der Waals surface area contributed by atoms with Gasteiger partial charge in [0.15, 0.2) is 17.3 Å². The first kappa shape index (κ1) is 29.2. The second kappa shape index (κ2) is 14.6. The van der Waals surface area contributed by atoms with E-state index in [1.54, 1.807) is 6.07 Å². The van der Waals surface area contributed by atoms with Crippen LogP contribution in [-0.4, -0.2) is 31.5 Å². The molecule has 0 bridgehead atoms. The van der Waals surface area contributed by atoms with Gasteiger partial charge in [0.05, 0.1) is 26.4 Å². The normalized spacial score (nSPS) is 11.2. The van der Waals surface area contributed by atoms with Gasteiger partial charge in [-0.05, 0) is 43.4 Å². The van der Waals surface area contributed by atoms with Gasteiger partial charge in [-0.15, -0.1) is 0 Å². The topological polar surface area (TPSA) is 87.4 Å². The van der Waals surface area contributed by atoms with Gasteiger partial charge in [0.25, 0.3) is 0 Å². The lowest BCUT2D eigenvalue weighted by atomic mass is 10.1. The van der Waals surface area contributed by atoms with Crippen LogP contribution in [0.15, 0.2) is 39.5 Å². The summed E-state index contributed by atoms with van der Waals surface area (Å²) in [5.41, 5.74) is 0.412. The molecule has 7 heteroatoms. The first-order chi connectivity index (χ1) is 18.4. The zero-order valence-electron chi connectivity index (χ0n) is 23.4. The van der Waals surface area contributed by atoms with Gasteiger partial charge in [-0.3, -0.25) is 4.79 Å². The third-order valence-electron chi connectivity index (χ3n) is 5.95. The summed E-state index contributed by atoms with van der Waals surface area (Å²) in [5, 5.41) is 10.8. The second-order valence-corrected chi connectivity index (χ2v) is 9.88. The third-order valence-corrected chi connectivity index (χ3v) is 5.95. The first-order valence-electron chi connectivity index (χ1n) is 13.9. The molecule has 0 aliphatic carbocycles. The number of phenols is 1. The molecule has 0 saturated heterocycles. The maximum absolute atomic E-state index is 13.6. The summed E-state index contributed by atoms with van der Waals surface area (Å²) in [6.45, 7) is 12.3. The smallest absolute Gasteiger partial charge is 0.239 e. The summed E-state index contributed by atoms with van der Waals surface area (Å²) in [4.78, 5) is 13.6. The summed E-state index contributed by atoms with van der Waals surface area (Å²) in [6, 6.07) is 8.59. The fraction of sp³-hybridized carbons (Fsp3) is 0.516. The van der Waals surface area contributed by atoms with Crippen LogP contribution in [0.4, 0.5) is 0 Å². The number of hydrogen-bond acceptors (Lipinski definition) is 7. The molecule has 1 heterocycles. The molecule has 0 aliphatic rings. The van der Waals surface area contributed by atoms with Crippen LogP contribution in [-0.2, 0) is 0 Å². The van der Waals surface area contributed by atoms with Gasteiger partial charge in [0.1, 0.15) is 22.5 Å². The average molecular weight is 527 g/mol. The molecular weight excluding hydrogens is 484 g/mol. The molecule has 0 aliphatic heterocycles. The molecular formula is C31H42O7. The van der Waals surface area contributed by atoms with Crippen molar-refractivity contribution >= 4 is 11.0 Å². The Kier molecular flexibility index (Phi) is 11.2. The van der Waals surface area contributed by atoms with Gasteiger partial charge in [0.2, 0.25) is 11.2 Å². The molecule has 0 radical (unpaired) electrons. The molecule has 0 atom stereocenters. The van der Waals surface area contributed by atoms with E-state index in [9.17, 15) is 9.90 Å². The minimum absolute atomic E-state index is 0.0558. The van der Waals surface area contributed by atoms with Crippen molar-refractivity contribution in [2.24, 2.45) is 5.92 Å². The van der Waals surface area contributed by atoms with Crippen LogP contribution in [0.2, 0.25) is 0 Å². The van der Waals surface area contributed by atoms with Crippen molar-refractivity contribution in [2.45, 2.75) is 73.1 Å². The van der Waals surface area contributed by atoms with Crippen molar-refractivity contribution < 1.29 is 28.5 Å². The number of fused-ring (bicyclic) bond motifs is 1. The summed E-state index contributed by atoms with van der Waals surface area (Å²) < 4.78 is 30.1. The zero-order valence-corrected chi connectivity index (χ0v) is 23.4. The van der Waals surface area contributed by atoms with E-state index in [-0.39, 0.29) is 34.1 Å². The number of rotatable bonds is 16. The molecule has 38 heavy (non-hydrogen) atoms. The van der Waals surface area contributed by atoms with Crippen molar-refractivity contribution in [3.05, 3.63) is 40.6 Å². The van der Waals surface area contributed by atoms with Gasteiger partial charge >= 0.3 is 0 Å². The van der Waals surface area contributed by atoms with Crippen LogP contribution in [0.5, 0.6) is 28.7 Å². The second-order valence-electron chi connectivity index (χ2n) is 9.88. The van der Waals surface area contributed by atoms with Gasteiger partial charge in [-0.1, -0.05) is 53.9 Å². The number of phenolic OH excluding ortho intramolecular Hbond substituents is 1. The molecule has 2 aromatic carbocycles. The Morgan fingerprint density at radius 3 is 2.08 bits per heavy atom. The quantitative estimate of drug-likeness (QED) is 0.191. The van der Waals surface area contributed by atoms with Gasteiger partial charge in [0, 0.05) is 17.7 Å². The maximum Gasteiger partial charge on any atom is 0.239 e. The lowest BCUT2D eigenvalue weighted by molar-refractivity contribution is 0.261. The number of unbranched alkanes of at least 4 members (excludes halogenated alkanes) is 3. The largest absolute Gasteiger partial charge is 0.507 e. The zero-order chi connectivity index (χ0) is 27.5. The van der Waals surface area contributed by atoms with E-state index in [1.807, 2.05) is 32.0 Å². The van der Waals surface area contributed by atoms with Crippen molar-refractivity contribution in [3.8, 4) is 40.1 Å². The van der Waals surface area contributed by atoms with E-state index < -0.39 is 5.43 Å².